The summed E-state index contributed by atoms with van der Waals surface area (Å²) in [7, 11) is 1.98. The van der Waals surface area contributed by atoms with E-state index in [0.717, 1.165) is 29.9 Å². The van der Waals surface area contributed by atoms with Crippen molar-refractivity contribution in [2.24, 2.45) is 7.05 Å². The number of nitrogens with one attached hydrogen (secondary N) is 1. The molecule has 2 heterocycles. The average molecular weight is 342 g/mol. The molecule has 1 aromatic heterocycles. The van der Waals surface area contributed by atoms with Crippen LogP contribution in [0.25, 0.3) is 0 Å². The van der Waals surface area contributed by atoms with Gasteiger partial charge in [0.25, 0.3) is 5.91 Å². The van der Waals surface area contributed by atoms with Crippen molar-refractivity contribution in [1.82, 2.24) is 19.8 Å². The molecule has 1 saturated heterocycles. The molecular weight excluding hydrogens is 316 g/mol. The Bertz CT molecular complexity index is 700. The summed E-state index contributed by atoms with van der Waals surface area (Å²) >= 11 is 0. The molecule has 0 saturated carbocycles. The molecule has 0 unspecified atom stereocenters. The van der Waals surface area contributed by atoms with Crippen molar-refractivity contribution in [2.45, 2.75) is 39.1 Å². The molecule has 134 valence electrons. The summed E-state index contributed by atoms with van der Waals surface area (Å²) in [6.07, 6.45) is 3.83. The monoisotopic (exact) mass is 342 g/mol. The van der Waals surface area contributed by atoms with Crippen molar-refractivity contribution in [3.8, 4) is 0 Å². The Morgan fingerprint density at radius 1 is 1.20 bits per heavy atom. The van der Waals surface area contributed by atoms with Gasteiger partial charge in [-0.05, 0) is 31.5 Å². The highest BCUT2D eigenvalue weighted by molar-refractivity contribution is 5.94. The van der Waals surface area contributed by atoms with Crippen molar-refractivity contribution in [1.29, 1.82) is 0 Å². The number of rotatable bonds is 5. The molecule has 2 atom stereocenters. The fraction of sp³-hybridized carbons (Fsp3) is 0.474. The van der Waals surface area contributed by atoms with Crippen LogP contribution >= 0.6 is 0 Å². The largest absolute Gasteiger partial charge is 0.372 e. The predicted octanol–water partition coefficient (Wildman–Crippen LogP) is 1.96. The molecular formula is C19H26N4O2. The minimum atomic E-state index is 0.0800. The summed E-state index contributed by atoms with van der Waals surface area (Å²) in [6, 6.07) is 7.84. The zero-order valence-electron chi connectivity index (χ0n) is 15.1. The summed E-state index contributed by atoms with van der Waals surface area (Å²) in [6.45, 7) is 6.83. The number of morpholine rings is 1. The SMILES string of the molecule is C[C@@H]1CN(C(=O)c2ccc(CNCc3cncn3C)cc2)C[C@@H](C)O1. The molecule has 3 rings (SSSR count). The molecule has 1 aromatic carbocycles. The summed E-state index contributed by atoms with van der Waals surface area (Å²) < 4.78 is 7.70. The molecule has 1 fully saturated rings. The molecule has 1 N–H and O–H groups in total. The average Bonchev–Trinajstić information content (AvgIpc) is 2.99. The summed E-state index contributed by atoms with van der Waals surface area (Å²) in [5.41, 5.74) is 3.03. The van der Waals surface area contributed by atoms with Crippen LogP contribution in [0.5, 0.6) is 0 Å². The van der Waals surface area contributed by atoms with E-state index in [1.807, 2.05) is 60.8 Å². The Hall–Kier alpha value is -2.18. The molecule has 2 aromatic rings. The van der Waals surface area contributed by atoms with Gasteiger partial charge in [0.15, 0.2) is 0 Å². The van der Waals surface area contributed by atoms with Crippen LogP contribution in [0.3, 0.4) is 0 Å². The van der Waals surface area contributed by atoms with E-state index in [2.05, 4.69) is 10.3 Å². The second-order valence-corrected chi connectivity index (χ2v) is 6.76. The summed E-state index contributed by atoms with van der Waals surface area (Å²) in [5, 5.41) is 3.40. The minimum absolute atomic E-state index is 0.0800. The molecule has 1 amide bonds. The van der Waals surface area contributed by atoms with Gasteiger partial charge in [-0.25, -0.2) is 4.98 Å². The minimum Gasteiger partial charge on any atom is -0.372 e. The number of ether oxygens (including phenoxy) is 1. The zero-order valence-corrected chi connectivity index (χ0v) is 15.1. The van der Waals surface area contributed by atoms with E-state index in [-0.39, 0.29) is 18.1 Å². The van der Waals surface area contributed by atoms with Crippen LogP contribution in [0.4, 0.5) is 0 Å². The van der Waals surface area contributed by atoms with Gasteiger partial charge in [0, 0.05) is 45.0 Å². The number of hydrogen-bond acceptors (Lipinski definition) is 4. The molecule has 6 heteroatoms. The highest BCUT2D eigenvalue weighted by atomic mass is 16.5. The standard InChI is InChI=1S/C19H26N4O2/c1-14-11-23(12-15(2)25-14)19(24)17-6-4-16(5-7-17)8-20-9-18-10-21-13-22(18)3/h4-7,10,13-15,20H,8-9,11-12H2,1-3H3/t14-,15-/m1/s1. The number of carbonyl (C=O) groups is 1. The highest BCUT2D eigenvalue weighted by Crippen LogP contribution is 2.15. The van der Waals surface area contributed by atoms with E-state index in [1.54, 1.807) is 6.33 Å². The first kappa shape index (κ1) is 17.6. The van der Waals surface area contributed by atoms with Crippen molar-refractivity contribution in [3.05, 3.63) is 53.6 Å². The van der Waals surface area contributed by atoms with E-state index in [0.29, 0.717) is 13.1 Å². The topological polar surface area (TPSA) is 59.4 Å². The zero-order chi connectivity index (χ0) is 17.8. The van der Waals surface area contributed by atoms with Gasteiger partial charge in [-0.2, -0.15) is 0 Å². The van der Waals surface area contributed by atoms with Gasteiger partial charge in [0.05, 0.1) is 24.2 Å². The lowest BCUT2D eigenvalue weighted by atomic mass is 10.1. The lowest BCUT2D eigenvalue weighted by Gasteiger charge is -2.35. The lowest BCUT2D eigenvalue weighted by Crippen LogP contribution is -2.48. The first-order chi connectivity index (χ1) is 12.0. The van der Waals surface area contributed by atoms with Crippen LogP contribution < -0.4 is 5.32 Å². The van der Waals surface area contributed by atoms with Gasteiger partial charge < -0.3 is 19.5 Å². The smallest absolute Gasteiger partial charge is 0.254 e. The maximum absolute atomic E-state index is 12.7. The number of carbonyl (C=O) groups excluding carboxylic acids is 1. The maximum atomic E-state index is 12.7. The van der Waals surface area contributed by atoms with E-state index < -0.39 is 0 Å². The second kappa shape index (κ2) is 7.80. The van der Waals surface area contributed by atoms with Crippen molar-refractivity contribution < 1.29 is 9.53 Å². The van der Waals surface area contributed by atoms with Crippen LogP contribution in [0.2, 0.25) is 0 Å². The van der Waals surface area contributed by atoms with Crippen LogP contribution in [-0.4, -0.2) is 45.7 Å². The molecule has 1 aliphatic heterocycles. The van der Waals surface area contributed by atoms with Gasteiger partial charge in [0.2, 0.25) is 0 Å². The van der Waals surface area contributed by atoms with Gasteiger partial charge in [0.1, 0.15) is 0 Å². The van der Waals surface area contributed by atoms with Crippen molar-refractivity contribution in [2.75, 3.05) is 13.1 Å². The van der Waals surface area contributed by atoms with Crippen LogP contribution in [0.15, 0.2) is 36.8 Å². The number of benzene rings is 1. The van der Waals surface area contributed by atoms with Gasteiger partial charge in [-0.3, -0.25) is 4.79 Å². The van der Waals surface area contributed by atoms with Crippen LogP contribution in [-0.2, 0) is 24.9 Å². The lowest BCUT2D eigenvalue weighted by molar-refractivity contribution is -0.0586. The third-order valence-electron chi connectivity index (χ3n) is 4.46. The Balaban J connectivity index is 1.54. The maximum Gasteiger partial charge on any atom is 0.254 e. The van der Waals surface area contributed by atoms with E-state index >= 15 is 0 Å². The Morgan fingerprint density at radius 2 is 1.88 bits per heavy atom. The normalized spacial score (nSPS) is 20.7. The highest BCUT2D eigenvalue weighted by Gasteiger charge is 2.26. The van der Waals surface area contributed by atoms with Crippen LogP contribution in [0.1, 0.15) is 35.5 Å². The molecule has 0 bridgehead atoms. The van der Waals surface area contributed by atoms with E-state index in [9.17, 15) is 4.79 Å². The van der Waals surface area contributed by atoms with E-state index in [1.165, 1.54) is 0 Å². The van der Waals surface area contributed by atoms with Gasteiger partial charge in [-0.1, -0.05) is 12.1 Å². The number of aryl methyl sites for hydroxylation is 1. The van der Waals surface area contributed by atoms with Crippen LogP contribution in [0, 0.1) is 0 Å². The third-order valence-corrected chi connectivity index (χ3v) is 4.46. The Kier molecular flexibility index (Phi) is 5.50. The van der Waals surface area contributed by atoms with Crippen molar-refractivity contribution in [3.63, 3.8) is 0 Å². The first-order valence-electron chi connectivity index (χ1n) is 8.72. The first-order valence-corrected chi connectivity index (χ1v) is 8.72. The fourth-order valence-electron chi connectivity index (χ4n) is 3.18. The summed E-state index contributed by atoms with van der Waals surface area (Å²) in [4.78, 5) is 18.6. The van der Waals surface area contributed by atoms with E-state index in [4.69, 9.17) is 4.74 Å². The number of imidazole rings is 1. The Morgan fingerprint density at radius 3 is 2.48 bits per heavy atom. The fourth-order valence-corrected chi connectivity index (χ4v) is 3.18. The van der Waals surface area contributed by atoms with Crippen molar-refractivity contribution >= 4 is 5.91 Å². The quantitative estimate of drug-likeness (QED) is 0.902. The predicted molar refractivity (Wildman–Crippen MR) is 96.1 cm³/mol. The molecule has 0 spiro atoms. The second-order valence-electron chi connectivity index (χ2n) is 6.76. The Labute approximate surface area is 148 Å². The molecule has 25 heavy (non-hydrogen) atoms. The molecule has 0 aliphatic carbocycles. The number of nitrogens with zero attached hydrogens (tertiary/aromatic N) is 3. The third kappa shape index (κ3) is 4.46. The molecule has 0 radical (unpaired) electrons. The van der Waals surface area contributed by atoms with Gasteiger partial charge in [-0.15, -0.1) is 0 Å². The summed E-state index contributed by atoms with van der Waals surface area (Å²) in [5.74, 6) is 0.0800. The van der Waals surface area contributed by atoms with Gasteiger partial charge >= 0.3 is 0 Å². The number of aromatic nitrogens is 2. The number of hydrogen-bond donors (Lipinski definition) is 1. The molecule has 6 nitrogen and oxygen atoms in total. The number of amides is 1. The molecule has 1 aliphatic rings.